The zero-order valence-corrected chi connectivity index (χ0v) is 14.1. The number of rotatable bonds is 4. The van der Waals surface area contributed by atoms with Crippen LogP contribution < -0.4 is 5.32 Å². The molecule has 3 aliphatic rings. The van der Waals surface area contributed by atoms with Crippen molar-refractivity contribution in [2.24, 2.45) is 16.8 Å². The minimum Gasteiger partial charge on any atom is -0.353 e. The molecule has 22 heavy (non-hydrogen) atoms. The average molecular weight is 306 g/mol. The third-order valence-corrected chi connectivity index (χ3v) is 5.36. The van der Waals surface area contributed by atoms with Crippen molar-refractivity contribution >= 4 is 11.9 Å². The third-order valence-electron chi connectivity index (χ3n) is 5.36. The Morgan fingerprint density at radius 2 is 1.86 bits per heavy atom. The predicted molar refractivity (Wildman–Crippen MR) is 88.8 cm³/mol. The number of likely N-dealkylation sites (N-methyl/N-ethyl adjacent to an activating group) is 1. The molecule has 5 nitrogen and oxygen atoms in total. The molecule has 1 amide bonds. The van der Waals surface area contributed by atoms with E-state index in [4.69, 9.17) is 0 Å². The highest BCUT2D eigenvalue weighted by atomic mass is 16.2. The Labute approximate surface area is 134 Å². The molecule has 124 valence electrons. The molecule has 5 heteroatoms. The normalized spacial score (nSPS) is 26.5. The summed E-state index contributed by atoms with van der Waals surface area (Å²) in [4.78, 5) is 20.5. The minimum absolute atomic E-state index is 0.0728. The van der Waals surface area contributed by atoms with Gasteiger partial charge < -0.3 is 15.1 Å². The van der Waals surface area contributed by atoms with Gasteiger partial charge in [0.2, 0.25) is 5.91 Å². The summed E-state index contributed by atoms with van der Waals surface area (Å²) in [5.74, 6) is 2.86. The maximum absolute atomic E-state index is 11.9. The van der Waals surface area contributed by atoms with E-state index in [0.29, 0.717) is 6.04 Å². The van der Waals surface area contributed by atoms with Crippen molar-refractivity contribution in [2.45, 2.75) is 51.0 Å². The summed E-state index contributed by atoms with van der Waals surface area (Å²) in [5, 5.41) is 3.64. The number of hydrogen-bond acceptors (Lipinski definition) is 2. The van der Waals surface area contributed by atoms with Crippen LogP contribution in [0.2, 0.25) is 0 Å². The van der Waals surface area contributed by atoms with Crippen LogP contribution in [0.5, 0.6) is 0 Å². The predicted octanol–water partition coefficient (Wildman–Crippen LogP) is 1.69. The number of nitrogens with zero attached hydrogens (tertiary/aromatic N) is 3. The first-order valence-electron chi connectivity index (χ1n) is 8.89. The van der Waals surface area contributed by atoms with E-state index in [0.717, 1.165) is 30.9 Å². The van der Waals surface area contributed by atoms with E-state index in [1.807, 2.05) is 0 Å². The lowest BCUT2D eigenvalue weighted by atomic mass is 10.0. The molecule has 0 aromatic rings. The summed E-state index contributed by atoms with van der Waals surface area (Å²) in [6.07, 6.45) is 9.22. The fourth-order valence-electron chi connectivity index (χ4n) is 3.71. The molecule has 1 saturated heterocycles. The number of guanidine groups is 1. The largest absolute Gasteiger partial charge is 0.353 e. The summed E-state index contributed by atoms with van der Waals surface area (Å²) < 4.78 is 0. The van der Waals surface area contributed by atoms with E-state index in [-0.39, 0.29) is 12.5 Å². The molecule has 0 radical (unpaired) electrons. The van der Waals surface area contributed by atoms with Crippen molar-refractivity contribution in [3.63, 3.8) is 0 Å². The number of aliphatic imine (C=N–C) groups is 1. The fourth-order valence-corrected chi connectivity index (χ4v) is 3.71. The van der Waals surface area contributed by atoms with Crippen LogP contribution in [-0.2, 0) is 4.79 Å². The summed E-state index contributed by atoms with van der Waals surface area (Å²) in [6.45, 7) is 2.47. The van der Waals surface area contributed by atoms with Gasteiger partial charge in [-0.1, -0.05) is 12.8 Å². The van der Waals surface area contributed by atoms with Gasteiger partial charge in [-0.15, -0.1) is 0 Å². The molecule has 1 heterocycles. The van der Waals surface area contributed by atoms with E-state index in [1.54, 1.807) is 19.0 Å². The SMILES string of the molecule is CN(C)C(=O)CN=C(NC1CCCC1)N1CC[C@H](C2CC2)C1. The van der Waals surface area contributed by atoms with Gasteiger partial charge in [-0.05, 0) is 43.9 Å². The van der Waals surface area contributed by atoms with Crippen LogP contribution in [0.1, 0.15) is 44.9 Å². The van der Waals surface area contributed by atoms with Gasteiger partial charge >= 0.3 is 0 Å². The Morgan fingerprint density at radius 1 is 1.14 bits per heavy atom. The number of nitrogens with one attached hydrogen (secondary N) is 1. The van der Waals surface area contributed by atoms with Crippen LogP contribution >= 0.6 is 0 Å². The number of carbonyl (C=O) groups is 1. The van der Waals surface area contributed by atoms with Gasteiger partial charge in [-0.3, -0.25) is 4.79 Å². The van der Waals surface area contributed by atoms with Crippen molar-refractivity contribution in [2.75, 3.05) is 33.7 Å². The maximum atomic E-state index is 11.9. The van der Waals surface area contributed by atoms with Crippen LogP contribution in [-0.4, -0.2) is 61.4 Å². The van der Waals surface area contributed by atoms with Gasteiger partial charge in [0.15, 0.2) is 5.96 Å². The van der Waals surface area contributed by atoms with Crippen molar-refractivity contribution in [3.8, 4) is 0 Å². The molecular weight excluding hydrogens is 276 g/mol. The molecule has 2 aliphatic carbocycles. The average Bonchev–Trinajstić information content (AvgIpc) is 3.02. The molecule has 1 aliphatic heterocycles. The Morgan fingerprint density at radius 3 is 2.50 bits per heavy atom. The van der Waals surface area contributed by atoms with Crippen molar-refractivity contribution in [3.05, 3.63) is 0 Å². The number of hydrogen-bond donors (Lipinski definition) is 1. The lowest BCUT2D eigenvalue weighted by Crippen LogP contribution is -2.45. The van der Waals surface area contributed by atoms with E-state index in [9.17, 15) is 4.79 Å². The molecular formula is C17H30N4O. The first-order chi connectivity index (χ1) is 10.6. The van der Waals surface area contributed by atoms with Crippen LogP contribution in [0.4, 0.5) is 0 Å². The first-order valence-corrected chi connectivity index (χ1v) is 8.89. The van der Waals surface area contributed by atoms with Crippen LogP contribution in [0.3, 0.4) is 0 Å². The Balaban J connectivity index is 1.62. The monoisotopic (exact) mass is 306 g/mol. The minimum atomic E-state index is 0.0728. The van der Waals surface area contributed by atoms with Crippen LogP contribution in [0, 0.1) is 11.8 Å². The molecule has 0 aromatic carbocycles. The van der Waals surface area contributed by atoms with Gasteiger partial charge in [0.25, 0.3) is 0 Å². The maximum Gasteiger partial charge on any atom is 0.243 e. The number of likely N-dealkylation sites (tertiary alicyclic amines) is 1. The Bertz CT molecular complexity index is 424. The molecule has 0 aromatic heterocycles. The van der Waals surface area contributed by atoms with Gasteiger partial charge in [-0.2, -0.15) is 0 Å². The van der Waals surface area contributed by atoms with E-state index in [1.165, 1.54) is 44.9 Å². The zero-order valence-electron chi connectivity index (χ0n) is 14.1. The van der Waals surface area contributed by atoms with Crippen LogP contribution in [0.25, 0.3) is 0 Å². The van der Waals surface area contributed by atoms with Gasteiger partial charge in [-0.25, -0.2) is 4.99 Å². The molecule has 1 atom stereocenters. The lowest BCUT2D eigenvalue weighted by molar-refractivity contribution is -0.127. The number of carbonyl (C=O) groups excluding carboxylic acids is 1. The van der Waals surface area contributed by atoms with Gasteiger partial charge in [0, 0.05) is 33.2 Å². The summed E-state index contributed by atoms with van der Waals surface area (Å²) >= 11 is 0. The fraction of sp³-hybridized carbons (Fsp3) is 0.882. The van der Waals surface area contributed by atoms with Crippen molar-refractivity contribution in [1.82, 2.24) is 15.1 Å². The molecule has 2 saturated carbocycles. The zero-order chi connectivity index (χ0) is 15.5. The van der Waals surface area contributed by atoms with Crippen LogP contribution in [0.15, 0.2) is 4.99 Å². The van der Waals surface area contributed by atoms with Gasteiger partial charge in [0.05, 0.1) is 0 Å². The standard InChI is InChI=1S/C17H30N4O/c1-20(2)16(22)11-18-17(19-15-5-3-4-6-15)21-10-9-14(12-21)13-7-8-13/h13-15H,3-12H2,1-2H3,(H,18,19)/t14-/m0/s1. The molecule has 0 spiro atoms. The first kappa shape index (κ1) is 15.6. The molecule has 3 fully saturated rings. The van der Waals surface area contributed by atoms with Crippen molar-refractivity contribution < 1.29 is 4.79 Å². The second-order valence-corrected chi connectivity index (χ2v) is 7.39. The highest BCUT2D eigenvalue weighted by Gasteiger charge is 2.37. The summed E-state index contributed by atoms with van der Waals surface area (Å²) in [6, 6.07) is 0.549. The lowest BCUT2D eigenvalue weighted by Gasteiger charge is -2.25. The van der Waals surface area contributed by atoms with E-state index < -0.39 is 0 Å². The summed E-state index contributed by atoms with van der Waals surface area (Å²) in [5.41, 5.74) is 0. The smallest absolute Gasteiger partial charge is 0.243 e. The molecule has 3 rings (SSSR count). The topological polar surface area (TPSA) is 47.9 Å². The van der Waals surface area contributed by atoms with Gasteiger partial charge in [0.1, 0.15) is 6.54 Å². The van der Waals surface area contributed by atoms with E-state index in [2.05, 4.69) is 15.2 Å². The van der Waals surface area contributed by atoms with Crippen molar-refractivity contribution in [1.29, 1.82) is 0 Å². The quantitative estimate of drug-likeness (QED) is 0.635. The Kier molecular flexibility index (Phi) is 4.89. The molecule has 0 unspecified atom stereocenters. The second-order valence-electron chi connectivity index (χ2n) is 7.39. The second kappa shape index (κ2) is 6.88. The number of amides is 1. The Hall–Kier alpha value is -1.26. The molecule has 0 bridgehead atoms. The summed E-state index contributed by atoms with van der Waals surface area (Å²) in [7, 11) is 3.59. The molecule has 1 N–H and O–H groups in total. The third kappa shape index (κ3) is 3.93. The highest BCUT2D eigenvalue weighted by molar-refractivity contribution is 5.85. The highest BCUT2D eigenvalue weighted by Crippen LogP contribution is 2.41. The van der Waals surface area contributed by atoms with E-state index >= 15 is 0 Å².